The molecule has 1 fully saturated rings. The molecule has 1 heterocycles. The van der Waals surface area contributed by atoms with E-state index in [4.69, 9.17) is 14.6 Å². The van der Waals surface area contributed by atoms with Gasteiger partial charge in [0, 0.05) is 30.3 Å². The Kier molecular flexibility index (Phi) is 7.19. The van der Waals surface area contributed by atoms with Gasteiger partial charge in [-0.3, -0.25) is 4.90 Å². The number of nitrogens with zero attached hydrogens (tertiary/aromatic N) is 1. The van der Waals surface area contributed by atoms with E-state index in [1.165, 1.54) is 0 Å². The van der Waals surface area contributed by atoms with Gasteiger partial charge in [0.1, 0.15) is 11.5 Å². The van der Waals surface area contributed by atoms with Crippen LogP contribution in [0, 0.1) is 6.92 Å². The number of benzene rings is 2. The topological polar surface area (TPSA) is 79.2 Å². The molecule has 0 amide bonds. The standard InChI is InChI=1S/C21H25NO5S/c1-15-8-19(2-3-20(15)27-13-21(24)25)28-14-17-9-16(10-18(23)11-17)12-22-4-6-26-7-5-22/h2-3,8-11,23H,4-7,12-14H2,1H3,(H,24,25). The quantitative estimate of drug-likeness (QED) is 0.655. The van der Waals surface area contributed by atoms with Crippen molar-refractivity contribution in [3.8, 4) is 11.5 Å². The Hall–Kier alpha value is -2.22. The van der Waals surface area contributed by atoms with Gasteiger partial charge < -0.3 is 19.7 Å². The van der Waals surface area contributed by atoms with Crippen molar-refractivity contribution < 1.29 is 24.5 Å². The zero-order valence-electron chi connectivity index (χ0n) is 15.9. The lowest BCUT2D eigenvalue weighted by Crippen LogP contribution is -2.35. The Balaban J connectivity index is 1.60. The summed E-state index contributed by atoms with van der Waals surface area (Å²) in [7, 11) is 0. The predicted molar refractivity (Wildman–Crippen MR) is 108 cm³/mol. The fraction of sp³-hybridized carbons (Fsp3) is 0.381. The van der Waals surface area contributed by atoms with Crippen molar-refractivity contribution in [3.63, 3.8) is 0 Å². The third kappa shape index (κ3) is 6.15. The van der Waals surface area contributed by atoms with Crippen LogP contribution in [0.25, 0.3) is 0 Å². The summed E-state index contributed by atoms with van der Waals surface area (Å²) in [5.41, 5.74) is 3.07. The van der Waals surface area contributed by atoms with Crippen molar-refractivity contribution in [2.24, 2.45) is 0 Å². The number of aliphatic carboxylic acids is 1. The Labute approximate surface area is 169 Å². The molecule has 0 radical (unpaired) electrons. The number of phenolic OH excluding ortho intramolecular Hbond substituents is 1. The summed E-state index contributed by atoms with van der Waals surface area (Å²) in [6, 6.07) is 11.5. The molecule has 2 N–H and O–H groups in total. The van der Waals surface area contributed by atoms with E-state index in [9.17, 15) is 9.90 Å². The highest BCUT2D eigenvalue weighted by Gasteiger charge is 2.12. The summed E-state index contributed by atoms with van der Waals surface area (Å²) in [5.74, 6) is 0.612. The largest absolute Gasteiger partial charge is 0.508 e. The van der Waals surface area contributed by atoms with Crippen molar-refractivity contribution >= 4 is 17.7 Å². The molecule has 2 aromatic rings. The van der Waals surface area contributed by atoms with Crippen molar-refractivity contribution in [2.45, 2.75) is 24.1 Å². The molecule has 0 bridgehead atoms. The number of carboxylic acids is 1. The van der Waals surface area contributed by atoms with Gasteiger partial charge in [0.2, 0.25) is 0 Å². The van der Waals surface area contributed by atoms with Gasteiger partial charge in [-0.1, -0.05) is 6.07 Å². The second-order valence-electron chi connectivity index (χ2n) is 6.79. The fourth-order valence-corrected chi connectivity index (χ4v) is 4.04. The zero-order chi connectivity index (χ0) is 19.9. The van der Waals surface area contributed by atoms with Crippen LogP contribution in [0.4, 0.5) is 0 Å². The van der Waals surface area contributed by atoms with Gasteiger partial charge >= 0.3 is 5.97 Å². The van der Waals surface area contributed by atoms with Crippen LogP contribution in [-0.2, 0) is 21.8 Å². The number of aromatic hydroxyl groups is 1. The van der Waals surface area contributed by atoms with Crippen molar-refractivity contribution in [1.29, 1.82) is 0 Å². The second kappa shape index (κ2) is 9.82. The third-order valence-electron chi connectivity index (χ3n) is 4.45. The monoisotopic (exact) mass is 403 g/mol. The second-order valence-corrected chi connectivity index (χ2v) is 7.84. The summed E-state index contributed by atoms with van der Waals surface area (Å²) in [5, 5.41) is 18.8. The molecule has 150 valence electrons. The van der Waals surface area contributed by atoms with Crippen LogP contribution in [0.1, 0.15) is 16.7 Å². The van der Waals surface area contributed by atoms with Gasteiger partial charge in [-0.15, -0.1) is 11.8 Å². The molecule has 0 aromatic heterocycles. The van der Waals surface area contributed by atoms with Crippen molar-refractivity contribution in [3.05, 3.63) is 53.1 Å². The fourth-order valence-electron chi connectivity index (χ4n) is 3.11. The van der Waals surface area contributed by atoms with Gasteiger partial charge in [0.15, 0.2) is 6.61 Å². The molecule has 6 nitrogen and oxygen atoms in total. The molecule has 0 saturated carbocycles. The molecule has 1 saturated heterocycles. The van der Waals surface area contributed by atoms with Crippen LogP contribution in [0.15, 0.2) is 41.3 Å². The molecular weight excluding hydrogens is 378 g/mol. The lowest BCUT2D eigenvalue weighted by atomic mass is 10.1. The van der Waals surface area contributed by atoms with E-state index in [1.807, 2.05) is 25.1 Å². The molecule has 2 aromatic carbocycles. The van der Waals surface area contributed by atoms with Crippen LogP contribution >= 0.6 is 11.8 Å². The van der Waals surface area contributed by atoms with E-state index in [0.29, 0.717) is 5.75 Å². The first-order chi connectivity index (χ1) is 13.5. The molecule has 0 spiro atoms. The van der Waals surface area contributed by atoms with Gasteiger partial charge in [-0.25, -0.2) is 4.79 Å². The first-order valence-corrected chi connectivity index (χ1v) is 10.2. The number of rotatable bonds is 8. The predicted octanol–water partition coefficient (Wildman–Crippen LogP) is 3.29. The normalized spacial score (nSPS) is 14.8. The van der Waals surface area contributed by atoms with Gasteiger partial charge in [-0.2, -0.15) is 0 Å². The number of ether oxygens (including phenoxy) is 2. The summed E-state index contributed by atoms with van der Waals surface area (Å²) in [4.78, 5) is 14.0. The molecule has 7 heteroatoms. The van der Waals surface area contributed by atoms with Crippen LogP contribution in [0.2, 0.25) is 0 Å². The number of carbonyl (C=O) groups is 1. The minimum atomic E-state index is -0.991. The maximum Gasteiger partial charge on any atom is 0.341 e. The number of phenols is 1. The number of aryl methyl sites for hydroxylation is 1. The van der Waals surface area contributed by atoms with E-state index in [-0.39, 0.29) is 12.4 Å². The minimum absolute atomic E-state index is 0.287. The van der Waals surface area contributed by atoms with E-state index in [2.05, 4.69) is 11.0 Å². The van der Waals surface area contributed by atoms with Gasteiger partial charge in [0.05, 0.1) is 13.2 Å². The summed E-state index contributed by atoms with van der Waals surface area (Å²) >= 11 is 1.67. The Morgan fingerprint density at radius 2 is 1.93 bits per heavy atom. The lowest BCUT2D eigenvalue weighted by Gasteiger charge is -2.26. The molecule has 28 heavy (non-hydrogen) atoms. The first kappa shape index (κ1) is 20.5. The Morgan fingerprint density at radius 1 is 1.18 bits per heavy atom. The lowest BCUT2D eigenvalue weighted by molar-refractivity contribution is -0.139. The maximum atomic E-state index is 10.6. The summed E-state index contributed by atoms with van der Waals surface area (Å²) < 4.78 is 10.6. The van der Waals surface area contributed by atoms with Gasteiger partial charge in [0.25, 0.3) is 0 Å². The number of hydrogen-bond donors (Lipinski definition) is 2. The number of hydrogen-bond acceptors (Lipinski definition) is 6. The average Bonchev–Trinajstić information content (AvgIpc) is 2.66. The number of thioether (sulfide) groups is 1. The average molecular weight is 404 g/mol. The van der Waals surface area contributed by atoms with Gasteiger partial charge in [-0.05, 0) is 53.9 Å². The maximum absolute atomic E-state index is 10.6. The van der Waals surface area contributed by atoms with E-state index in [0.717, 1.165) is 60.2 Å². The highest BCUT2D eigenvalue weighted by molar-refractivity contribution is 7.98. The Bertz CT molecular complexity index is 820. The highest BCUT2D eigenvalue weighted by atomic mass is 32.2. The van der Waals surface area contributed by atoms with Crippen LogP contribution in [0.3, 0.4) is 0 Å². The SMILES string of the molecule is Cc1cc(SCc2cc(O)cc(CN3CCOCC3)c2)ccc1OCC(=O)O. The number of morpholine rings is 1. The van der Waals surface area contributed by atoms with Crippen LogP contribution < -0.4 is 4.74 Å². The third-order valence-corrected chi connectivity index (χ3v) is 5.52. The smallest absolute Gasteiger partial charge is 0.341 e. The Morgan fingerprint density at radius 3 is 2.64 bits per heavy atom. The molecule has 1 aliphatic heterocycles. The van der Waals surface area contributed by atoms with Crippen molar-refractivity contribution in [1.82, 2.24) is 4.90 Å². The zero-order valence-corrected chi connectivity index (χ0v) is 16.7. The molecular formula is C21H25NO5S. The summed E-state index contributed by atoms with van der Waals surface area (Å²) in [6.45, 7) is 5.70. The molecule has 3 rings (SSSR count). The first-order valence-electron chi connectivity index (χ1n) is 9.19. The molecule has 1 aliphatic rings. The summed E-state index contributed by atoms with van der Waals surface area (Å²) in [6.07, 6.45) is 0. The minimum Gasteiger partial charge on any atom is -0.508 e. The molecule has 0 unspecified atom stereocenters. The van der Waals surface area contributed by atoms with Crippen molar-refractivity contribution in [2.75, 3.05) is 32.9 Å². The van der Waals surface area contributed by atoms with E-state index < -0.39 is 5.97 Å². The van der Waals surface area contributed by atoms with E-state index in [1.54, 1.807) is 23.9 Å². The highest BCUT2D eigenvalue weighted by Crippen LogP contribution is 2.29. The van der Waals surface area contributed by atoms with E-state index >= 15 is 0 Å². The number of carboxylic acid groups (broad SMARTS) is 1. The van der Waals surface area contributed by atoms with Crippen LogP contribution in [-0.4, -0.2) is 54.0 Å². The molecule has 0 atom stereocenters. The molecule has 0 aliphatic carbocycles. The van der Waals surface area contributed by atoms with Crippen LogP contribution in [0.5, 0.6) is 11.5 Å².